The molecule has 8 nitrogen and oxygen atoms in total. The Morgan fingerprint density at radius 2 is 1.75 bits per heavy atom. The number of amides is 3. The molecule has 0 bridgehead atoms. The highest BCUT2D eigenvalue weighted by atomic mass is 16.2. The highest BCUT2D eigenvalue weighted by Crippen LogP contribution is 2.30. The molecule has 28 heavy (non-hydrogen) atoms. The molecule has 4 rings (SSSR count). The average molecular weight is 381 g/mol. The third kappa shape index (κ3) is 3.67. The largest absolute Gasteiger partial charge is 0.353 e. The van der Waals surface area contributed by atoms with E-state index in [0.717, 1.165) is 41.8 Å². The van der Waals surface area contributed by atoms with Crippen molar-refractivity contribution in [2.75, 3.05) is 13.1 Å². The zero-order valence-corrected chi connectivity index (χ0v) is 15.7. The molecule has 0 radical (unpaired) electrons. The van der Waals surface area contributed by atoms with Crippen LogP contribution in [0.1, 0.15) is 36.9 Å². The monoisotopic (exact) mass is 381 g/mol. The van der Waals surface area contributed by atoms with E-state index in [9.17, 15) is 14.4 Å². The van der Waals surface area contributed by atoms with Crippen LogP contribution in [0.15, 0.2) is 24.5 Å². The fourth-order valence-corrected chi connectivity index (χ4v) is 3.90. The minimum Gasteiger partial charge on any atom is -0.353 e. The molecule has 2 aliphatic rings. The van der Waals surface area contributed by atoms with Gasteiger partial charge in [0.2, 0.25) is 17.7 Å². The van der Waals surface area contributed by atoms with Crippen LogP contribution in [0.4, 0.5) is 0 Å². The van der Waals surface area contributed by atoms with E-state index in [2.05, 4.69) is 10.3 Å². The van der Waals surface area contributed by atoms with Crippen LogP contribution in [-0.4, -0.2) is 50.5 Å². The lowest BCUT2D eigenvalue weighted by Crippen LogP contribution is -2.41. The quantitative estimate of drug-likeness (QED) is 0.756. The van der Waals surface area contributed by atoms with Gasteiger partial charge in [0.1, 0.15) is 6.54 Å². The molecule has 0 spiro atoms. The second-order valence-corrected chi connectivity index (χ2v) is 7.16. The summed E-state index contributed by atoms with van der Waals surface area (Å²) in [6.45, 7) is 0.761. The number of nitrogens with zero attached hydrogens (tertiary/aromatic N) is 4. The first-order valence-electron chi connectivity index (χ1n) is 9.72. The van der Waals surface area contributed by atoms with Gasteiger partial charge in [-0.3, -0.25) is 28.9 Å². The number of carbonyl (C=O) groups is 3. The number of hydrogen-bond acceptors (Lipinski definition) is 5. The molecule has 146 valence electrons. The van der Waals surface area contributed by atoms with E-state index in [1.165, 1.54) is 11.3 Å². The molecule has 1 saturated heterocycles. The van der Waals surface area contributed by atoms with Gasteiger partial charge in [-0.1, -0.05) is 0 Å². The smallest absolute Gasteiger partial charge is 0.240 e. The van der Waals surface area contributed by atoms with Crippen molar-refractivity contribution in [2.24, 2.45) is 0 Å². The molecule has 1 N–H and O–H groups in total. The first kappa shape index (κ1) is 18.3. The maximum atomic E-state index is 12.1. The van der Waals surface area contributed by atoms with E-state index in [1.807, 2.05) is 16.8 Å². The lowest BCUT2D eigenvalue weighted by Gasteiger charge is -2.15. The summed E-state index contributed by atoms with van der Waals surface area (Å²) >= 11 is 0. The molecule has 1 aliphatic heterocycles. The van der Waals surface area contributed by atoms with Crippen LogP contribution in [-0.2, 0) is 33.8 Å². The molecule has 2 aromatic rings. The van der Waals surface area contributed by atoms with Gasteiger partial charge in [0, 0.05) is 48.6 Å². The number of aromatic nitrogens is 3. The first-order valence-corrected chi connectivity index (χ1v) is 9.72. The van der Waals surface area contributed by atoms with Crippen molar-refractivity contribution in [3.63, 3.8) is 0 Å². The Hall–Kier alpha value is -3.03. The van der Waals surface area contributed by atoms with Gasteiger partial charge in [-0.05, 0) is 37.8 Å². The van der Waals surface area contributed by atoms with Crippen molar-refractivity contribution >= 4 is 17.7 Å². The van der Waals surface area contributed by atoms with Crippen molar-refractivity contribution in [1.29, 1.82) is 0 Å². The van der Waals surface area contributed by atoms with Crippen molar-refractivity contribution in [1.82, 2.24) is 25.0 Å². The van der Waals surface area contributed by atoms with Crippen LogP contribution in [0.5, 0.6) is 0 Å². The third-order valence-corrected chi connectivity index (χ3v) is 5.31. The Labute approximate surface area is 162 Å². The Morgan fingerprint density at radius 1 is 1.04 bits per heavy atom. The lowest BCUT2D eigenvalue weighted by atomic mass is 9.94. The Kier molecular flexibility index (Phi) is 5.18. The zero-order valence-electron chi connectivity index (χ0n) is 15.7. The standard InChI is InChI=1S/C20H23N5O3/c26-17(13-24-18(27)5-6-19(24)28)22-11-12-25-16-4-2-1-3-15(16)20(23-25)14-7-9-21-10-8-14/h7-10H,1-6,11-13H2,(H,22,26). The van der Waals surface area contributed by atoms with Crippen molar-refractivity contribution < 1.29 is 14.4 Å². The number of hydrogen-bond donors (Lipinski definition) is 1. The highest BCUT2D eigenvalue weighted by Gasteiger charge is 2.30. The summed E-state index contributed by atoms with van der Waals surface area (Å²) in [5.74, 6) is -0.870. The van der Waals surface area contributed by atoms with Gasteiger partial charge in [0.05, 0.1) is 12.2 Å². The van der Waals surface area contributed by atoms with Crippen molar-refractivity contribution in [3.8, 4) is 11.3 Å². The predicted molar refractivity (Wildman–Crippen MR) is 101 cm³/mol. The molecular weight excluding hydrogens is 358 g/mol. The topological polar surface area (TPSA) is 97.2 Å². The maximum absolute atomic E-state index is 12.1. The molecule has 8 heteroatoms. The van der Waals surface area contributed by atoms with Crippen LogP contribution in [0, 0.1) is 0 Å². The molecule has 1 fully saturated rings. The molecule has 2 aromatic heterocycles. The predicted octanol–water partition coefficient (Wildman–Crippen LogP) is 1.09. The molecular formula is C20H23N5O3. The van der Waals surface area contributed by atoms with Crippen LogP contribution in [0.25, 0.3) is 11.3 Å². The fourth-order valence-electron chi connectivity index (χ4n) is 3.90. The summed E-state index contributed by atoms with van der Waals surface area (Å²) in [4.78, 5) is 40.5. The van der Waals surface area contributed by atoms with E-state index >= 15 is 0 Å². The Balaban J connectivity index is 1.41. The van der Waals surface area contributed by atoms with Crippen molar-refractivity contribution in [2.45, 2.75) is 45.1 Å². The van der Waals surface area contributed by atoms with Gasteiger partial charge in [0.15, 0.2) is 0 Å². The maximum Gasteiger partial charge on any atom is 0.240 e. The molecule has 1 aliphatic carbocycles. The van der Waals surface area contributed by atoms with Crippen LogP contribution < -0.4 is 5.32 Å². The molecule has 0 aromatic carbocycles. The second kappa shape index (κ2) is 7.92. The van der Waals surface area contributed by atoms with E-state index in [-0.39, 0.29) is 37.1 Å². The molecule has 0 saturated carbocycles. The van der Waals surface area contributed by atoms with Gasteiger partial charge in [-0.15, -0.1) is 0 Å². The van der Waals surface area contributed by atoms with E-state index in [1.54, 1.807) is 12.4 Å². The lowest BCUT2D eigenvalue weighted by molar-refractivity contribution is -0.142. The van der Waals surface area contributed by atoms with Crippen LogP contribution in [0.3, 0.4) is 0 Å². The summed E-state index contributed by atoms with van der Waals surface area (Å²) in [6.07, 6.45) is 8.23. The minimum absolute atomic E-state index is 0.197. The van der Waals surface area contributed by atoms with E-state index in [4.69, 9.17) is 5.10 Å². The zero-order chi connectivity index (χ0) is 19.5. The Bertz CT molecular complexity index is 890. The number of pyridine rings is 1. The number of nitrogens with one attached hydrogen (secondary N) is 1. The number of fused-ring (bicyclic) bond motifs is 1. The summed E-state index contributed by atoms with van der Waals surface area (Å²) in [7, 11) is 0. The first-order chi connectivity index (χ1) is 13.6. The van der Waals surface area contributed by atoms with Crippen molar-refractivity contribution in [3.05, 3.63) is 35.8 Å². The molecule has 0 unspecified atom stereocenters. The summed E-state index contributed by atoms with van der Waals surface area (Å²) in [6, 6.07) is 3.93. The third-order valence-electron chi connectivity index (χ3n) is 5.31. The SMILES string of the molecule is O=C(CN1C(=O)CCC1=O)NCCn1nc(-c2ccncc2)c2c1CCCC2. The average Bonchev–Trinajstić information content (AvgIpc) is 3.24. The summed E-state index contributed by atoms with van der Waals surface area (Å²) in [5.41, 5.74) is 4.58. The number of rotatable bonds is 6. The molecule has 0 atom stereocenters. The normalized spacial score (nSPS) is 16.4. The second-order valence-electron chi connectivity index (χ2n) is 7.16. The number of imide groups is 1. The summed E-state index contributed by atoms with van der Waals surface area (Å²) < 4.78 is 1.98. The van der Waals surface area contributed by atoms with Crippen LogP contribution >= 0.6 is 0 Å². The highest BCUT2D eigenvalue weighted by molar-refractivity contribution is 6.04. The number of carbonyl (C=O) groups excluding carboxylic acids is 3. The van der Waals surface area contributed by atoms with E-state index in [0.29, 0.717) is 13.1 Å². The minimum atomic E-state index is -0.320. The van der Waals surface area contributed by atoms with Gasteiger partial charge in [0.25, 0.3) is 0 Å². The van der Waals surface area contributed by atoms with Gasteiger partial charge < -0.3 is 5.32 Å². The fraction of sp³-hybridized carbons (Fsp3) is 0.450. The van der Waals surface area contributed by atoms with E-state index < -0.39 is 0 Å². The molecule has 3 amide bonds. The van der Waals surface area contributed by atoms with Crippen LogP contribution in [0.2, 0.25) is 0 Å². The van der Waals surface area contributed by atoms with Gasteiger partial charge >= 0.3 is 0 Å². The molecule has 3 heterocycles. The number of likely N-dealkylation sites (tertiary alicyclic amines) is 1. The summed E-state index contributed by atoms with van der Waals surface area (Å²) in [5, 5.41) is 7.60. The Morgan fingerprint density at radius 3 is 2.50 bits per heavy atom. The van der Waals surface area contributed by atoms with Gasteiger partial charge in [-0.2, -0.15) is 5.10 Å². The van der Waals surface area contributed by atoms with Gasteiger partial charge in [-0.25, -0.2) is 0 Å².